The highest BCUT2D eigenvalue weighted by molar-refractivity contribution is 5.95. The van der Waals surface area contributed by atoms with E-state index in [2.05, 4.69) is 98.0 Å². The average Bonchev–Trinajstić information content (AvgIpc) is 3.06. The highest BCUT2D eigenvalue weighted by Gasteiger charge is 2.24. The molecule has 176 valence electrons. The second kappa shape index (κ2) is 10.3. The summed E-state index contributed by atoms with van der Waals surface area (Å²) in [7, 11) is 0. The molecule has 0 spiro atoms. The molecule has 0 aliphatic heterocycles. The molecule has 35 heavy (non-hydrogen) atoms. The third kappa shape index (κ3) is 4.93. The van der Waals surface area contributed by atoms with Crippen LogP contribution in [0, 0.1) is 5.92 Å². The molecule has 0 radical (unpaired) electrons. The van der Waals surface area contributed by atoms with Crippen LogP contribution in [0.1, 0.15) is 71.3 Å². The monoisotopic (exact) mass is 459 g/mol. The zero-order valence-corrected chi connectivity index (χ0v) is 20.6. The molecule has 0 saturated carbocycles. The second-order valence-corrected chi connectivity index (χ2v) is 9.72. The quantitative estimate of drug-likeness (QED) is 0.310. The Morgan fingerprint density at radius 3 is 2.54 bits per heavy atom. The van der Waals surface area contributed by atoms with Gasteiger partial charge in [0.05, 0.1) is 6.04 Å². The van der Waals surface area contributed by atoms with Gasteiger partial charge in [0, 0.05) is 5.56 Å². The van der Waals surface area contributed by atoms with Gasteiger partial charge in [0.25, 0.3) is 5.91 Å². The SMILES string of the molecule is CCC(NC(=O)c1ccc2c(c1)C=CCC(Cc1cccc3ccccc13)C2C)c1ccccc1. The Kier molecular flexibility index (Phi) is 6.81. The lowest BCUT2D eigenvalue weighted by Crippen LogP contribution is -2.28. The van der Waals surface area contributed by atoms with Crippen LogP contribution in [0.25, 0.3) is 16.8 Å². The summed E-state index contributed by atoms with van der Waals surface area (Å²) < 4.78 is 0. The molecule has 3 atom stereocenters. The Hall–Kier alpha value is -3.65. The van der Waals surface area contributed by atoms with E-state index in [1.165, 1.54) is 27.5 Å². The van der Waals surface area contributed by atoms with Gasteiger partial charge in [0.1, 0.15) is 0 Å². The van der Waals surface area contributed by atoms with Crippen molar-refractivity contribution >= 4 is 22.8 Å². The predicted molar refractivity (Wildman–Crippen MR) is 147 cm³/mol. The van der Waals surface area contributed by atoms with Gasteiger partial charge in [0.2, 0.25) is 0 Å². The summed E-state index contributed by atoms with van der Waals surface area (Å²) in [5, 5.41) is 5.89. The van der Waals surface area contributed by atoms with Gasteiger partial charge < -0.3 is 5.32 Å². The first-order chi connectivity index (χ1) is 17.1. The summed E-state index contributed by atoms with van der Waals surface area (Å²) in [6.45, 7) is 4.44. The fourth-order valence-corrected chi connectivity index (χ4v) is 5.46. The summed E-state index contributed by atoms with van der Waals surface area (Å²) in [6, 6.07) is 31.8. The summed E-state index contributed by atoms with van der Waals surface area (Å²) >= 11 is 0. The smallest absolute Gasteiger partial charge is 0.251 e. The number of carbonyl (C=O) groups is 1. The van der Waals surface area contributed by atoms with E-state index in [9.17, 15) is 4.79 Å². The van der Waals surface area contributed by atoms with Crippen molar-refractivity contribution in [3.63, 3.8) is 0 Å². The maximum Gasteiger partial charge on any atom is 0.251 e. The third-order valence-corrected chi connectivity index (χ3v) is 7.56. The van der Waals surface area contributed by atoms with E-state index in [0.717, 1.165) is 30.4 Å². The number of fused-ring (bicyclic) bond motifs is 2. The van der Waals surface area contributed by atoms with Gasteiger partial charge in [-0.05, 0) is 76.3 Å². The Labute approximate surface area is 208 Å². The van der Waals surface area contributed by atoms with Crippen LogP contribution in [-0.2, 0) is 6.42 Å². The number of benzene rings is 4. The molecule has 1 N–H and O–H groups in total. The molecule has 5 rings (SSSR count). The van der Waals surface area contributed by atoms with Crippen molar-refractivity contribution in [3.8, 4) is 0 Å². The van der Waals surface area contributed by atoms with Crippen molar-refractivity contribution in [2.24, 2.45) is 5.92 Å². The third-order valence-electron chi connectivity index (χ3n) is 7.56. The van der Waals surface area contributed by atoms with Crippen LogP contribution in [0.3, 0.4) is 0 Å². The molecule has 0 saturated heterocycles. The maximum absolute atomic E-state index is 13.1. The zero-order chi connectivity index (χ0) is 24.2. The van der Waals surface area contributed by atoms with Crippen molar-refractivity contribution in [3.05, 3.63) is 125 Å². The Balaban J connectivity index is 1.36. The second-order valence-electron chi connectivity index (χ2n) is 9.72. The molecule has 0 bridgehead atoms. The van der Waals surface area contributed by atoms with Crippen molar-refractivity contribution in [2.75, 3.05) is 0 Å². The molecule has 0 aromatic heterocycles. The molecule has 4 aromatic carbocycles. The highest BCUT2D eigenvalue weighted by Crippen LogP contribution is 2.37. The van der Waals surface area contributed by atoms with E-state index < -0.39 is 0 Å². The van der Waals surface area contributed by atoms with Gasteiger partial charge in [-0.3, -0.25) is 4.79 Å². The van der Waals surface area contributed by atoms with E-state index >= 15 is 0 Å². The van der Waals surface area contributed by atoms with Crippen LogP contribution in [0.2, 0.25) is 0 Å². The minimum absolute atomic E-state index is 0.0129. The Morgan fingerprint density at radius 1 is 0.943 bits per heavy atom. The Morgan fingerprint density at radius 2 is 1.71 bits per heavy atom. The number of hydrogen-bond acceptors (Lipinski definition) is 1. The lowest BCUT2D eigenvalue weighted by molar-refractivity contribution is 0.0935. The molecule has 1 aliphatic rings. The summed E-state index contributed by atoms with van der Waals surface area (Å²) in [6.07, 6.45) is 7.43. The standard InChI is InChI=1S/C33H33NO/c1-3-32(25-12-5-4-6-13-25)34-33(35)29-19-20-30-23(2)26(15-10-16-27(30)22-29)21-28-17-9-14-24-11-7-8-18-31(24)28/h4-14,16-20,22-23,26,32H,3,15,21H2,1-2H3,(H,34,35). The van der Waals surface area contributed by atoms with Gasteiger partial charge in [-0.2, -0.15) is 0 Å². The number of nitrogens with one attached hydrogen (secondary N) is 1. The van der Waals surface area contributed by atoms with Crippen LogP contribution in [0.15, 0.2) is 97.1 Å². The lowest BCUT2D eigenvalue weighted by atomic mass is 9.80. The minimum Gasteiger partial charge on any atom is -0.345 e. The molecular formula is C33H33NO. The lowest BCUT2D eigenvalue weighted by Gasteiger charge is -2.24. The summed E-state index contributed by atoms with van der Waals surface area (Å²) in [4.78, 5) is 13.1. The van der Waals surface area contributed by atoms with Gasteiger partial charge in [-0.25, -0.2) is 0 Å². The molecule has 0 heterocycles. The number of carbonyl (C=O) groups excluding carboxylic acids is 1. The first kappa shape index (κ1) is 23.1. The number of rotatable bonds is 6. The van der Waals surface area contributed by atoms with Gasteiger partial charge in [-0.15, -0.1) is 0 Å². The molecule has 1 aliphatic carbocycles. The predicted octanol–water partition coefficient (Wildman–Crippen LogP) is 8.10. The van der Waals surface area contributed by atoms with Crippen LogP contribution >= 0.6 is 0 Å². The molecular weight excluding hydrogens is 426 g/mol. The first-order valence-electron chi connectivity index (χ1n) is 12.8. The van der Waals surface area contributed by atoms with Crippen molar-refractivity contribution < 1.29 is 4.79 Å². The van der Waals surface area contributed by atoms with E-state index in [0.29, 0.717) is 11.8 Å². The zero-order valence-electron chi connectivity index (χ0n) is 20.6. The fourth-order valence-electron chi connectivity index (χ4n) is 5.46. The topological polar surface area (TPSA) is 29.1 Å². The van der Waals surface area contributed by atoms with Crippen LogP contribution < -0.4 is 5.32 Å². The first-order valence-corrected chi connectivity index (χ1v) is 12.8. The largest absolute Gasteiger partial charge is 0.345 e. The van der Waals surface area contributed by atoms with E-state index in [1.807, 2.05) is 24.3 Å². The van der Waals surface area contributed by atoms with E-state index in [-0.39, 0.29) is 11.9 Å². The molecule has 2 heteroatoms. The van der Waals surface area contributed by atoms with Gasteiger partial charge in [-0.1, -0.05) is 105 Å². The minimum atomic E-state index is -0.0129. The average molecular weight is 460 g/mol. The van der Waals surface area contributed by atoms with E-state index in [4.69, 9.17) is 0 Å². The van der Waals surface area contributed by atoms with Crippen molar-refractivity contribution in [1.29, 1.82) is 0 Å². The van der Waals surface area contributed by atoms with Crippen molar-refractivity contribution in [1.82, 2.24) is 5.32 Å². The van der Waals surface area contributed by atoms with Crippen LogP contribution in [0.4, 0.5) is 0 Å². The van der Waals surface area contributed by atoms with E-state index in [1.54, 1.807) is 0 Å². The van der Waals surface area contributed by atoms with Crippen LogP contribution in [-0.4, -0.2) is 5.91 Å². The molecule has 4 aromatic rings. The summed E-state index contributed by atoms with van der Waals surface area (Å²) in [5.41, 5.74) is 5.78. The fraction of sp³-hybridized carbons (Fsp3) is 0.242. The normalized spacial score (nSPS) is 18.0. The molecule has 3 unspecified atom stereocenters. The van der Waals surface area contributed by atoms with Gasteiger partial charge >= 0.3 is 0 Å². The number of amides is 1. The van der Waals surface area contributed by atoms with Gasteiger partial charge in [0.15, 0.2) is 0 Å². The highest BCUT2D eigenvalue weighted by atomic mass is 16.1. The molecule has 1 amide bonds. The number of allylic oxidation sites excluding steroid dienone is 1. The maximum atomic E-state index is 13.1. The number of hydrogen-bond donors (Lipinski definition) is 1. The molecule has 0 fully saturated rings. The van der Waals surface area contributed by atoms with Crippen LogP contribution in [0.5, 0.6) is 0 Å². The Bertz CT molecular complexity index is 1350. The van der Waals surface area contributed by atoms with Crippen molar-refractivity contribution in [2.45, 2.75) is 45.1 Å². The molecule has 2 nitrogen and oxygen atoms in total. The summed E-state index contributed by atoms with van der Waals surface area (Å²) in [5.74, 6) is 0.908.